The van der Waals surface area contributed by atoms with Crippen LogP contribution in [0.3, 0.4) is 0 Å². The zero-order valence-electron chi connectivity index (χ0n) is 11.3. The van der Waals surface area contributed by atoms with Crippen LogP contribution in [0.15, 0.2) is 18.3 Å². The molecule has 2 aromatic rings. The summed E-state index contributed by atoms with van der Waals surface area (Å²) in [7, 11) is 0. The van der Waals surface area contributed by atoms with E-state index in [1.807, 2.05) is 17.5 Å². The smallest absolute Gasteiger partial charge is 0.0831 e. The summed E-state index contributed by atoms with van der Waals surface area (Å²) in [4.78, 5) is 2.98. The summed E-state index contributed by atoms with van der Waals surface area (Å²) in [5.74, 6) is 1.30. The van der Waals surface area contributed by atoms with Crippen molar-refractivity contribution in [2.75, 3.05) is 0 Å². The Balaban J connectivity index is 2.05. The molecule has 0 aliphatic carbocycles. The van der Waals surface area contributed by atoms with Gasteiger partial charge in [-0.3, -0.25) is 0 Å². The SMILES string of the molecule is CCC(Cc1cn[nH]n1)c1ccc(CC(C)C)s1. The van der Waals surface area contributed by atoms with Crippen molar-refractivity contribution in [1.82, 2.24) is 15.4 Å². The molecule has 98 valence electrons. The summed E-state index contributed by atoms with van der Waals surface area (Å²) < 4.78 is 0. The number of H-pyrrole nitrogens is 1. The molecule has 0 spiro atoms. The van der Waals surface area contributed by atoms with Crippen LogP contribution in [-0.4, -0.2) is 15.4 Å². The highest BCUT2D eigenvalue weighted by Gasteiger charge is 2.14. The van der Waals surface area contributed by atoms with Crippen molar-refractivity contribution in [3.63, 3.8) is 0 Å². The minimum absolute atomic E-state index is 0.570. The predicted octanol–water partition coefficient (Wildman–Crippen LogP) is 3.80. The monoisotopic (exact) mass is 263 g/mol. The number of hydrogen-bond donors (Lipinski definition) is 1. The highest BCUT2D eigenvalue weighted by Crippen LogP contribution is 2.30. The van der Waals surface area contributed by atoms with Gasteiger partial charge in [-0.15, -0.1) is 11.3 Å². The molecule has 1 N–H and O–H groups in total. The van der Waals surface area contributed by atoms with E-state index in [-0.39, 0.29) is 0 Å². The van der Waals surface area contributed by atoms with Crippen molar-refractivity contribution in [2.45, 2.75) is 46.0 Å². The minimum Gasteiger partial charge on any atom is -0.198 e. The van der Waals surface area contributed by atoms with Crippen molar-refractivity contribution in [3.8, 4) is 0 Å². The lowest BCUT2D eigenvalue weighted by Crippen LogP contribution is -2.00. The maximum atomic E-state index is 4.15. The molecule has 0 aliphatic rings. The molecule has 0 saturated carbocycles. The number of aromatic amines is 1. The van der Waals surface area contributed by atoms with Gasteiger partial charge in [-0.1, -0.05) is 20.8 Å². The summed E-state index contributed by atoms with van der Waals surface area (Å²) >= 11 is 1.96. The Morgan fingerprint density at radius 1 is 1.28 bits per heavy atom. The fraction of sp³-hybridized carbons (Fsp3) is 0.571. The Kier molecular flexibility index (Phi) is 4.53. The van der Waals surface area contributed by atoms with Crippen LogP contribution in [-0.2, 0) is 12.8 Å². The third kappa shape index (κ3) is 3.42. The molecule has 1 unspecified atom stereocenters. The van der Waals surface area contributed by atoms with Gasteiger partial charge < -0.3 is 0 Å². The van der Waals surface area contributed by atoms with E-state index in [0.29, 0.717) is 5.92 Å². The van der Waals surface area contributed by atoms with E-state index in [2.05, 4.69) is 48.3 Å². The zero-order chi connectivity index (χ0) is 13.0. The van der Waals surface area contributed by atoms with Gasteiger partial charge in [-0.2, -0.15) is 15.4 Å². The molecule has 0 fully saturated rings. The van der Waals surface area contributed by atoms with Crippen LogP contribution in [0.5, 0.6) is 0 Å². The van der Waals surface area contributed by atoms with Crippen molar-refractivity contribution >= 4 is 11.3 Å². The number of nitrogens with one attached hydrogen (secondary N) is 1. The molecule has 0 bridgehead atoms. The van der Waals surface area contributed by atoms with Crippen molar-refractivity contribution in [1.29, 1.82) is 0 Å². The van der Waals surface area contributed by atoms with Crippen LogP contribution in [0.2, 0.25) is 0 Å². The Labute approximate surface area is 113 Å². The molecule has 1 atom stereocenters. The van der Waals surface area contributed by atoms with E-state index in [0.717, 1.165) is 24.5 Å². The third-order valence-electron chi connectivity index (χ3n) is 3.11. The number of hydrogen-bond acceptors (Lipinski definition) is 3. The molecule has 2 rings (SSSR count). The second kappa shape index (κ2) is 6.14. The van der Waals surface area contributed by atoms with Crippen LogP contribution < -0.4 is 0 Å². The number of nitrogens with zero attached hydrogens (tertiary/aromatic N) is 2. The maximum absolute atomic E-state index is 4.15. The topological polar surface area (TPSA) is 41.6 Å². The predicted molar refractivity (Wildman–Crippen MR) is 76.0 cm³/mol. The summed E-state index contributed by atoms with van der Waals surface area (Å²) in [5.41, 5.74) is 1.06. The first kappa shape index (κ1) is 13.3. The van der Waals surface area contributed by atoms with E-state index in [4.69, 9.17) is 0 Å². The average Bonchev–Trinajstić information content (AvgIpc) is 2.96. The van der Waals surface area contributed by atoms with E-state index in [1.54, 1.807) is 0 Å². The summed E-state index contributed by atoms with van der Waals surface area (Å²) in [6.07, 6.45) is 5.14. The third-order valence-corrected chi connectivity index (χ3v) is 4.38. The first-order chi connectivity index (χ1) is 8.69. The Hall–Kier alpha value is -1.16. The van der Waals surface area contributed by atoms with Crippen LogP contribution in [0.25, 0.3) is 0 Å². The molecule has 18 heavy (non-hydrogen) atoms. The van der Waals surface area contributed by atoms with Gasteiger partial charge in [-0.25, -0.2) is 0 Å². The van der Waals surface area contributed by atoms with E-state index >= 15 is 0 Å². The molecule has 3 nitrogen and oxygen atoms in total. The minimum atomic E-state index is 0.570. The fourth-order valence-corrected chi connectivity index (χ4v) is 3.56. The Bertz CT molecular complexity index is 459. The first-order valence-electron chi connectivity index (χ1n) is 6.62. The van der Waals surface area contributed by atoms with Crippen molar-refractivity contribution in [2.24, 2.45) is 5.92 Å². The normalized spacial score (nSPS) is 13.1. The molecular formula is C14H21N3S. The molecule has 0 radical (unpaired) electrons. The lowest BCUT2D eigenvalue weighted by Gasteiger charge is -2.10. The Morgan fingerprint density at radius 3 is 2.72 bits per heavy atom. The fourth-order valence-electron chi connectivity index (χ4n) is 2.15. The molecule has 0 aromatic carbocycles. The van der Waals surface area contributed by atoms with E-state index in [9.17, 15) is 0 Å². The number of rotatable bonds is 6. The second-order valence-electron chi connectivity index (χ2n) is 5.17. The molecule has 2 aromatic heterocycles. The van der Waals surface area contributed by atoms with Gasteiger partial charge in [0, 0.05) is 16.2 Å². The van der Waals surface area contributed by atoms with Gasteiger partial charge in [0.1, 0.15) is 0 Å². The Morgan fingerprint density at radius 2 is 2.11 bits per heavy atom. The molecule has 2 heterocycles. The highest BCUT2D eigenvalue weighted by molar-refractivity contribution is 7.12. The molecule has 0 saturated heterocycles. The van der Waals surface area contributed by atoms with Crippen LogP contribution in [0.1, 0.15) is 48.6 Å². The van der Waals surface area contributed by atoms with Gasteiger partial charge in [0.2, 0.25) is 0 Å². The highest BCUT2D eigenvalue weighted by atomic mass is 32.1. The van der Waals surface area contributed by atoms with Gasteiger partial charge in [0.25, 0.3) is 0 Å². The number of thiophene rings is 1. The van der Waals surface area contributed by atoms with E-state index < -0.39 is 0 Å². The van der Waals surface area contributed by atoms with Crippen LogP contribution in [0.4, 0.5) is 0 Å². The standard InChI is InChI=1S/C14H21N3S/c1-4-11(8-12-9-15-17-16-12)14-6-5-13(18-14)7-10(2)3/h5-6,9-11H,4,7-8H2,1-3H3,(H,15,16,17). The maximum Gasteiger partial charge on any atom is 0.0831 e. The van der Waals surface area contributed by atoms with Gasteiger partial charge in [-0.05, 0) is 36.8 Å². The molecular weight excluding hydrogens is 242 g/mol. The van der Waals surface area contributed by atoms with Crippen LogP contribution in [0, 0.1) is 5.92 Å². The molecule has 4 heteroatoms. The zero-order valence-corrected chi connectivity index (χ0v) is 12.1. The lowest BCUT2D eigenvalue weighted by atomic mass is 9.99. The van der Waals surface area contributed by atoms with Gasteiger partial charge in [0.05, 0.1) is 11.9 Å². The first-order valence-corrected chi connectivity index (χ1v) is 7.44. The largest absolute Gasteiger partial charge is 0.198 e. The van der Waals surface area contributed by atoms with Crippen LogP contribution >= 0.6 is 11.3 Å². The van der Waals surface area contributed by atoms with E-state index in [1.165, 1.54) is 16.2 Å². The summed E-state index contributed by atoms with van der Waals surface area (Å²) in [5, 5.41) is 10.7. The summed E-state index contributed by atoms with van der Waals surface area (Å²) in [6, 6.07) is 4.57. The summed E-state index contributed by atoms with van der Waals surface area (Å²) in [6.45, 7) is 6.78. The molecule has 0 aliphatic heterocycles. The lowest BCUT2D eigenvalue weighted by molar-refractivity contribution is 0.654. The average molecular weight is 263 g/mol. The van der Waals surface area contributed by atoms with Crippen molar-refractivity contribution in [3.05, 3.63) is 33.8 Å². The van der Waals surface area contributed by atoms with Gasteiger partial charge in [0.15, 0.2) is 0 Å². The second-order valence-corrected chi connectivity index (χ2v) is 6.37. The number of aromatic nitrogens is 3. The van der Waals surface area contributed by atoms with Gasteiger partial charge >= 0.3 is 0 Å². The quantitative estimate of drug-likeness (QED) is 0.861. The molecule has 0 amide bonds. The van der Waals surface area contributed by atoms with Crippen molar-refractivity contribution < 1.29 is 0 Å².